The third kappa shape index (κ3) is 5.13. The molecule has 1 aromatic carbocycles. The maximum Gasteiger partial charge on any atom is 0.340 e. The molecule has 0 fully saturated rings. The van der Waals surface area contributed by atoms with E-state index in [1.807, 2.05) is 19.9 Å². The van der Waals surface area contributed by atoms with Gasteiger partial charge in [0.05, 0.1) is 29.0 Å². The molecule has 0 radical (unpaired) electrons. The van der Waals surface area contributed by atoms with Crippen LogP contribution < -0.4 is 20.8 Å². The monoisotopic (exact) mass is 406 g/mol. The van der Waals surface area contributed by atoms with Crippen LogP contribution in [0, 0.1) is 6.92 Å². The first kappa shape index (κ1) is 21.5. The number of carbonyl (C=O) groups excluding carboxylic acids is 2. The molecule has 0 aliphatic carbocycles. The Morgan fingerprint density at radius 3 is 2.64 bits per heavy atom. The van der Waals surface area contributed by atoms with Gasteiger partial charge in [0.25, 0.3) is 0 Å². The van der Waals surface area contributed by atoms with Crippen LogP contribution in [0.3, 0.4) is 0 Å². The van der Waals surface area contributed by atoms with Crippen molar-refractivity contribution >= 4 is 34.4 Å². The predicted molar refractivity (Wildman–Crippen MR) is 103 cm³/mol. The van der Waals surface area contributed by atoms with Crippen molar-refractivity contribution in [3.63, 3.8) is 0 Å². The summed E-state index contributed by atoms with van der Waals surface area (Å²) >= 11 is 6.28. The fraction of sp³-hybridized carbons (Fsp3) is 0.350. The standard InChI is InChI=1S/C20H22ClNO6/c1-10(2)5-6-27-17-9-16-13(7-15(17)21)11(3)14(20(26)28-16)8-18(23)22-12(4)19(24)25/h5,7,9,12H,6,8H2,1-4H3,(H,22,23)(H,24,25)/p-1/t12-/m0/s1. The van der Waals surface area contributed by atoms with E-state index < -0.39 is 23.5 Å². The Kier molecular flexibility index (Phi) is 6.85. The molecule has 1 N–H and O–H groups in total. The largest absolute Gasteiger partial charge is 0.548 e. The summed E-state index contributed by atoms with van der Waals surface area (Å²) in [6.07, 6.45) is 1.56. The van der Waals surface area contributed by atoms with Crippen molar-refractivity contribution in [2.45, 2.75) is 40.2 Å². The smallest absolute Gasteiger partial charge is 0.340 e. The Morgan fingerprint density at radius 1 is 1.36 bits per heavy atom. The molecule has 2 rings (SSSR count). The molecule has 28 heavy (non-hydrogen) atoms. The van der Waals surface area contributed by atoms with Crippen molar-refractivity contribution < 1.29 is 23.8 Å². The molecular weight excluding hydrogens is 386 g/mol. The highest BCUT2D eigenvalue weighted by Gasteiger charge is 2.18. The number of halogens is 1. The lowest BCUT2D eigenvalue weighted by Gasteiger charge is -2.15. The lowest BCUT2D eigenvalue weighted by Crippen LogP contribution is -2.46. The number of benzene rings is 1. The highest BCUT2D eigenvalue weighted by molar-refractivity contribution is 6.32. The van der Waals surface area contributed by atoms with E-state index in [0.717, 1.165) is 5.57 Å². The summed E-state index contributed by atoms with van der Waals surface area (Å²) in [4.78, 5) is 35.1. The first-order chi connectivity index (χ1) is 13.1. The lowest BCUT2D eigenvalue weighted by molar-refractivity contribution is -0.307. The zero-order valence-electron chi connectivity index (χ0n) is 16.1. The van der Waals surface area contributed by atoms with Crippen LogP contribution >= 0.6 is 11.6 Å². The van der Waals surface area contributed by atoms with Crippen LogP contribution in [0.2, 0.25) is 5.02 Å². The van der Waals surface area contributed by atoms with E-state index in [4.69, 9.17) is 20.8 Å². The Hall–Kier alpha value is -2.80. The molecule has 0 saturated heterocycles. The van der Waals surface area contributed by atoms with Gasteiger partial charge in [0.15, 0.2) is 0 Å². The number of aryl methyl sites for hydroxylation is 1. The van der Waals surface area contributed by atoms with Crippen LogP contribution in [0.1, 0.15) is 31.9 Å². The fourth-order valence-electron chi connectivity index (χ4n) is 2.51. The SMILES string of the molecule is CC(C)=CCOc1cc2oc(=O)c(CC(=O)N[C@@H](C)C(=O)[O-])c(C)c2cc1Cl. The number of rotatable bonds is 7. The predicted octanol–water partition coefficient (Wildman–Crippen LogP) is 1.90. The molecular formula is C20H21ClNO6-. The second kappa shape index (κ2) is 8.93. The third-order valence-electron chi connectivity index (χ3n) is 4.14. The van der Waals surface area contributed by atoms with Crippen molar-refractivity contribution in [2.24, 2.45) is 0 Å². The second-order valence-corrected chi connectivity index (χ2v) is 7.06. The van der Waals surface area contributed by atoms with Crippen LogP contribution in [0.4, 0.5) is 0 Å². The Bertz CT molecular complexity index is 1000. The average molecular weight is 407 g/mol. The quantitative estimate of drug-likeness (QED) is 0.555. The summed E-state index contributed by atoms with van der Waals surface area (Å²) < 4.78 is 10.9. The van der Waals surface area contributed by atoms with E-state index >= 15 is 0 Å². The topological polar surface area (TPSA) is 109 Å². The minimum Gasteiger partial charge on any atom is -0.548 e. The molecule has 0 aliphatic heterocycles. The van der Waals surface area contributed by atoms with Gasteiger partial charge in [0, 0.05) is 11.5 Å². The van der Waals surface area contributed by atoms with E-state index in [1.54, 1.807) is 13.0 Å². The van der Waals surface area contributed by atoms with Gasteiger partial charge in [0.1, 0.15) is 17.9 Å². The summed E-state index contributed by atoms with van der Waals surface area (Å²) in [5.41, 5.74) is 1.35. The van der Waals surface area contributed by atoms with Gasteiger partial charge in [-0.2, -0.15) is 0 Å². The number of nitrogens with one attached hydrogen (secondary N) is 1. The van der Waals surface area contributed by atoms with Gasteiger partial charge >= 0.3 is 5.63 Å². The summed E-state index contributed by atoms with van der Waals surface area (Å²) in [5.74, 6) is -1.66. The number of ether oxygens (including phenoxy) is 1. The zero-order chi connectivity index (χ0) is 21.0. The number of allylic oxidation sites excluding steroid dienone is 1. The van der Waals surface area contributed by atoms with E-state index in [9.17, 15) is 19.5 Å². The summed E-state index contributed by atoms with van der Waals surface area (Å²) in [7, 11) is 0. The number of hydrogen-bond acceptors (Lipinski definition) is 6. The van der Waals surface area contributed by atoms with Crippen molar-refractivity contribution in [2.75, 3.05) is 6.61 Å². The van der Waals surface area contributed by atoms with Gasteiger partial charge in [0.2, 0.25) is 5.91 Å². The number of aliphatic carboxylic acids is 1. The number of carbonyl (C=O) groups is 2. The van der Waals surface area contributed by atoms with E-state index in [-0.39, 0.29) is 17.6 Å². The van der Waals surface area contributed by atoms with Crippen molar-refractivity contribution in [1.29, 1.82) is 0 Å². The van der Waals surface area contributed by atoms with Gasteiger partial charge in [-0.15, -0.1) is 0 Å². The fourth-order valence-corrected chi connectivity index (χ4v) is 2.73. The molecule has 8 heteroatoms. The Morgan fingerprint density at radius 2 is 2.04 bits per heavy atom. The molecule has 0 unspecified atom stereocenters. The van der Waals surface area contributed by atoms with Crippen LogP contribution in [-0.2, 0) is 16.0 Å². The molecule has 1 atom stereocenters. The van der Waals surface area contributed by atoms with Crippen molar-refractivity contribution in [3.05, 3.63) is 50.4 Å². The van der Waals surface area contributed by atoms with Gasteiger partial charge in [-0.05, 0) is 45.4 Å². The average Bonchev–Trinajstić information content (AvgIpc) is 2.59. The number of fused-ring (bicyclic) bond motifs is 1. The van der Waals surface area contributed by atoms with Crippen LogP contribution in [0.25, 0.3) is 11.0 Å². The van der Waals surface area contributed by atoms with Gasteiger partial charge in [-0.25, -0.2) is 4.79 Å². The zero-order valence-corrected chi connectivity index (χ0v) is 16.8. The maximum absolute atomic E-state index is 12.4. The molecule has 1 amide bonds. The molecule has 2 aromatic rings. The molecule has 7 nitrogen and oxygen atoms in total. The van der Waals surface area contributed by atoms with Crippen LogP contribution in [0.5, 0.6) is 5.75 Å². The van der Waals surface area contributed by atoms with E-state index in [0.29, 0.717) is 28.3 Å². The number of hydrogen-bond donors (Lipinski definition) is 1. The molecule has 0 bridgehead atoms. The molecule has 0 saturated carbocycles. The lowest BCUT2D eigenvalue weighted by atomic mass is 10.0. The second-order valence-electron chi connectivity index (χ2n) is 6.65. The van der Waals surface area contributed by atoms with Gasteiger partial charge in [-0.1, -0.05) is 17.2 Å². The highest BCUT2D eigenvalue weighted by atomic mass is 35.5. The molecule has 0 spiro atoms. The molecule has 1 aromatic heterocycles. The highest BCUT2D eigenvalue weighted by Crippen LogP contribution is 2.32. The van der Waals surface area contributed by atoms with E-state index in [2.05, 4.69) is 5.32 Å². The van der Waals surface area contributed by atoms with Crippen LogP contribution in [-0.4, -0.2) is 24.5 Å². The first-order valence-corrected chi connectivity index (χ1v) is 9.00. The van der Waals surface area contributed by atoms with Gasteiger partial charge < -0.3 is 24.4 Å². The minimum atomic E-state index is -1.41. The summed E-state index contributed by atoms with van der Waals surface area (Å²) in [6.45, 7) is 7.16. The first-order valence-electron chi connectivity index (χ1n) is 8.62. The molecule has 150 valence electrons. The Balaban J connectivity index is 2.35. The number of carboxylic acid groups (broad SMARTS) is 1. The normalized spacial score (nSPS) is 11.8. The number of amides is 1. The van der Waals surface area contributed by atoms with Crippen LogP contribution in [0.15, 0.2) is 33.0 Å². The Labute approximate surface area is 166 Å². The van der Waals surface area contributed by atoms with Crippen molar-refractivity contribution in [1.82, 2.24) is 5.32 Å². The third-order valence-corrected chi connectivity index (χ3v) is 4.43. The summed E-state index contributed by atoms with van der Waals surface area (Å²) in [6, 6.07) is 1.97. The van der Waals surface area contributed by atoms with E-state index in [1.165, 1.54) is 13.0 Å². The van der Waals surface area contributed by atoms with Crippen molar-refractivity contribution in [3.8, 4) is 5.75 Å². The molecule has 0 aliphatic rings. The summed E-state index contributed by atoms with van der Waals surface area (Å²) in [5, 5.41) is 13.9. The minimum absolute atomic E-state index is 0.129. The van der Waals surface area contributed by atoms with Gasteiger partial charge in [-0.3, -0.25) is 4.79 Å². The number of carboxylic acids is 1. The maximum atomic E-state index is 12.4. The molecule has 1 heterocycles.